The van der Waals surface area contributed by atoms with Crippen molar-refractivity contribution in [3.05, 3.63) is 84.4 Å². The molecule has 1 aromatic heterocycles. The van der Waals surface area contributed by atoms with Crippen molar-refractivity contribution in [3.8, 4) is 11.3 Å². The molecule has 2 heterocycles. The lowest BCUT2D eigenvalue weighted by atomic mass is 10.1. The van der Waals surface area contributed by atoms with Crippen LogP contribution in [0, 0.1) is 0 Å². The van der Waals surface area contributed by atoms with Crippen LogP contribution in [-0.2, 0) is 0 Å². The van der Waals surface area contributed by atoms with E-state index >= 15 is 0 Å². The summed E-state index contributed by atoms with van der Waals surface area (Å²) in [6, 6.07) is 25.9. The fourth-order valence-electron chi connectivity index (χ4n) is 4.21. The number of carbonyl (C=O) groups excluding carboxylic acids is 1. The lowest BCUT2D eigenvalue weighted by Gasteiger charge is -2.36. The van der Waals surface area contributed by atoms with Crippen LogP contribution in [0.3, 0.4) is 0 Å². The second kappa shape index (κ2) is 8.90. The third-order valence-electron chi connectivity index (χ3n) is 6.10. The minimum Gasteiger partial charge on any atom is -0.378 e. The summed E-state index contributed by atoms with van der Waals surface area (Å²) in [6.07, 6.45) is 0. The van der Waals surface area contributed by atoms with Crippen LogP contribution in [0.4, 0.5) is 11.5 Å². The van der Waals surface area contributed by atoms with Crippen molar-refractivity contribution in [2.24, 2.45) is 0 Å². The second-order valence-electron chi connectivity index (χ2n) is 8.47. The maximum absolute atomic E-state index is 13.1. The van der Waals surface area contributed by atoms with Gasteiger partial charge in [-0.25, -0.2) is 9.97 Å². The summed E-state index contributed by atoms with van der Waals surface area (Å²) in [5.41, 5.74) is 5.50. The van der Waals surface area contributed by atoms with Crippen molar-refractivity contribution in [1.29, 1.82) is 0 Å². The highest BCUT2D eigenvalue weighted by Crippen LogP contribution is 2.30. The Kier molecular flexibility index (Phi) is 5.65. The van der Waals surface area contributed by atoms with Crippen LogP contribution >= 0.6 is 0 Å². The van der Waals surface area contributed by atoms with Gasteiger partial charge in [0.05, 0.1) is 11.0 Å². The number of hydrogen-bond donors (Lipinski definition) is 0. The quantitative estimate of drug-likeness (QED) is 0.476. The summed E-state index contributed by atoms with van der Waals surface area (Å²) in [4.78, 5) is 29.2. The Bertz CT molecular complexity index is 1260. The maximum Gasteiger partial charge on any atom is 0.253 e. The Morgan fingerprint density at radius 3 is 2.00 bits per heavy atom. The molecular formula is C27H27N5O. The van der Waals surface area contributed by atoms with E-state index in [1.54, 1.807) is 0 Å². The highest BCUT2D eigenvalue weighted by atomic mass is 16.2. The van der Waals surface area contributed by atoms with Crippen molar-refractivity contribution in [3.63, 3.8) is 0 Å². The molecule has 6 nitrogen and oxygen atoms in total. The van der Waals surface area contributed by atoms with Crippen LogP contribution in [0.1, 0.15) is 10.4 Å². The molecule has 0 spiro atoms. The van der Waals surface area contributed by atoms with Gasteiger partial charge in [-0.15, -0.1) is 0 Å². The number of piperazine rings is 1. The number of rotatable bonds is 4. The Hall–Kier alpha value is -3.93. The Morgan fingerprint density at radius 2 is 1.36 bits per heavy atom. The topological polar surface area (TPSA) is 52.6 Å². The van der Waals surface area contributed by atoms with Gasteiger partial charge >= 0.3 is 0 Å². The third kappa shape index (κ3) is 4.24. The summed E-state index contributed by atoms with van der Waals surface area (Å²) >= 11 is 0. The van der Waals surface area contributed by atoms with Gasteiger partial charge in [0, 0.05) is 57.1 Å². The number of fused-ring (bicyclic) bond motifs is 1. The molecule has 1 aliphatic rings. The number of anilines is 2. The number of amides is 1. The molecule has 6 heteroatoms. The van der Waals surface area contributed by atoms with Gasteiger partial charge in [0.1, 0.15) is 5.69 Å². The van der Waals surface area contributed by atoms with Gasteiger partial charge in [-0.3, -0.25) is 4.79 Å². The number of nitrogens with zero attached hydrogens (tertiary/aromatic N) is 5. The number of hydrogen-bond acceptors (Lipinski definition) is 5. The fourth-order valence-corrected chi connectivity index (χ4v) is 4.21. The third-order valence-corrected chi connectivity index (χ3v) is 6.10. The average Bonchev–Trinajstić information content (AvgIpc) is 2.88. The maximum atomic E-state index is 13.1. The van der Waals surface area contributed by atoms with Crippen LogP contribution in [0.15, 0.2) is 78.9 Å². The van der Waals surface area contributed by atoms with Crippen molar-refractivity contribution >= 4 is 28.4 Å². The second-order valence-corrected chi connectivity index (χ2v) is 8.47. The zero-order valence-corrected chi connectivity index (χ0v) is 19.0. The van der Waals surface area contributed by atoms with Crippen LogP contribution in [0.2, 0.25) is 0 Å². The molecule has 0 aliphatic carbocycles. The summed E-state index contributed by atoms with van der Waals surface area (Å²) in [5, 5.41) is 0. The van der Waals surface area contributed by atoms with Crippen molar-refractivity contribution in [1.82, 2.24) is 14.9 Å². The van der Waals surface area contributed by atoms with E-state index in [1.807, 2.05) is 90.6 Å². The molecule has 166 valence electrons. The fraction of sp³-hybridized carbons (Fsp3) is 0.222. The van der Waals surface area contributed by atoms with Gasteiger partial charge in [0.15, 0.2) is 5.82 Å². The van der Waals surface area contributed by atoms with Gasteiger partial charge < -0.3 is 14.7 Å². The van der Waals surface area contributed by atoms with Gasteiger partial charge in [-0.1, -0.05) is 42.5 Å². The van der Waals surface area contributed by atoms with E-state index in [1.165, 1.54) is 0 Å². The molecule has 0 N–H and O–H groups in total. The Morgan fingerprint density at radius 1 is 0.758 bits per heavy atom. The van der Waals surface area contributed by atoms with Gasteiger partial charge in [-0.2, -0.15) is 0 Å². The van der Waals surface area contributed by atoms with Crippen molar-refractivity contribution < 1.29 is 4.79 Å². The highest BCUT2D eigenvalue weighted by molar-refractivity contribution is 5.95. The van der Waals surface area contributed by atoms with Crippen molar-refractivity contribution in [2.75, 3.05) is 50.1 Å². The molecule has 1 amide bonds. The molecular weight excluding hydrogens is 410 g/mol. The van der Waals surface area contributed by atoms with E-state index in [0.29, 0.717) is 26.2 Å². The van der Waals surface area contributed by atoms with E-state index < -0.39 is 0 Å². The highest BCUT2D eigenvalue weighted by Gasteiger charge is 2.25. The number of aromatic nitrogens is 2. The monoisotopic (exact) mass is 437 g/mol. The zero-order valence-electron chi connectivity index (χ0n) is 19.0. The number of benzene rings is 3. The standard InChI is InChI=1S/C27H27N5O/c1-30(2)22-14-12-21(13-15-22)27(33)32-18-16-31(17-19-32)26-25(20-8-4-3-5-9-20)28-23-10-6-7-11-24(23)29-26/h3-15H,16-19H2,1-2H3. The minimum absolute atomic E-state index is 0.0767. The van der Waals surface area contributed by atoms with Crippen LogP contribution < -0.4 is 9.80 Å². The summed E-state index contributed by atoms with van der Waals surface area (Å²) in [7, 11) is 3.99. The van der Waals surface area contributed by atoms with Crippen LogP contribution in [0.25, 0.3) is 22.3 Å². The predicted octanol–water partition coefficient (Wildman–Crippen LogP) is 4.33. The SMILES string of the molecule is CN(C)c1ccc(C(=O)N2CCN(c3nc4ccccc4nc3-c3ccccc3)CC2)cc1. The van der Waals surface area contributed by atoms with Gasteiger partial charge in [0.25, 0.3) is 5.91 Å². The summed E-state index contributed by atoms with van der Waals surface area (Å²) in [5.74, 6) is 0.954. The summed E-state index contributed by atoms with van der Waals surface area (Å²) in [6.45, 7) is 2.73. The number of para-hydroxylation sites is 2. The molecule has 1 saturated heterocycles. The molecule has 0 saturated carbocycles. The van der Waals surface area contributed by atoms with Crippen molar-refractivity contribution in [2.45, 2.75) is 0 Å². The molecule has 0 unspecified atom stereocenters. The van der Waals surface area contributed by atoms with E-state index in [4.69, 9.17) is 9.97 Å². The first-order valence-electron chi connectivity index (χ1n) is 11.2. The molecule has 33 heavy (non-hydrogen) atoms. The Balaban J connectivity index is 1.38. The van der Waals surface area contributed by atoms with E-state index in [9.17, 15) is 4.79 Å². The lowest BCUT2D eigenvalue weighted by Crippen LogP contribution is -2.49. The Labute approximate surface area is 194 Å². The number of carbonyl (C=O) groups is 1. The van der Waals surface area contributed by atoms with Crippen LogP contribution in [-0.4, -0.2) is 61.0 Å². The first kappa shape index (κ1) is 20.9. The summed E-state index contributed by atoms with van der Waals surface area (Å²) < 4.78 is 0. The molecule has 0 atom stereocenters. The smallest absolute Gasteiger partial charge is 0.253 e. The van der Waals surface area contributed by atoms with E-state index in [0.717, 1.165) is 39.4 Å². The normalized spacial score (nSPS) is 13.9. The molecule has 1 fully saturated rings. The first-order chi connectivity index (χ1) is 16.1. The van der Waals surface area contributed by atoms with E-state index in [2.05, 4.69) is 17.0 Å². The molecule has 3 aromatic carbocycles. The molecule has 1 aliphatic heterocycles. The largest absolute Gasteiger partial charge is 0.378 e. The molecule has 4 aromatic rings. The van der Waals surface area contributed by atoms with Crippen LogP contribution in [0.5, 0.6) is 0 Å². The molecule has 0 radical (unpaired) electrons. The lowest BCUT2D eigenvalue weighted by molar-refractivity contribution is 0.0746. The predicted molar refractivity (Wildman–Crippen MR) is 134 cm³/mol. The van der Waals surface area contributed by atoms with E-state index in [-0.39, 0.29) is 5.91 Å². The molecule has 0 bridgehead atoms. The average molecular weight is 438 g/mol. The minimum atomic E-state index is 0.0767. The van der Waals surface area contributed by atoms with Gasteiger partial charge in [-0.05, 0) is 36.4 Å². The first-order valence-corrected chi connectivity index (χ1v) is 11.2. The van der Waals surface area contributed by atoms with Gasteiger partial charge in [0.2, 0.25) is 0 Å². The zero-order chi connectivity index (χ0) is 22.8. The molecule has 5 rings (SSSR count).